The summed E-state index contributed by atoms with van der Waals surface area (Å²) in [6.45, 7) is 3.61. The second kappa shape index (κ2) is 8.98. The summed E-state index contributed by atoms with van der Waals surface area (Å²) < 4.78 is 32.1. The summed E-state index contributed by atoms with van der Waals surface area (Å²) in [6, 6.07) is 3.02. The third-order valence-electron chi connectivity index (χ3n) is 4.72. The second-order valence-corrected chi connectivity index (χ2v) is 8.25. The maximum Gasteiger partial charge on any atom is 0.244 e. The van der Waals surface area contributed by atoms with Gasteiger partial charge in [0.15, 0.2) is 0 Å². The normalized spacial score (nSPS) is 21.7. The highest BCUT2D eigenvalue weighted by molar-refractivity contribution is 7.89. The molecule has 3 rings (SSSR count). The number of hydrogen-bond acceptors (Lipinski definition) is 6. The van der Waals surface area contributed by atoms with Crippen LogP contribution >= 0.6 is 12.4 Å². The summed E-state index contributed by atoms with van der Waals surface area (Å²) in [5, 5.41) is 3.22. The molecule has 0 aromatic carbocycles. The Morgan fingerprint density at radius 2 is 2.00 bits per heavy atom. The maximum atomic E-state index is 12.8. The summed E-state index contributed by atoms with van der Waals surface area (Å²) in [7, 11) is -2.17. The Labute approximate surface area is 160 Å². The molecule has 2 aliphatic rings. The molecule has 0 radical (unpaired) electrons. The van der Waals surface area contributed by atoms with E-state index in [1.54, 1.807) is 0 Å². The summed E-state index contributed by atoms with van der Waals surface area (Å²) >= 11 is 0. The minimum absolute atomic E-state index is 0. The van der Waals surface area contributed by atoms with E-state index in [1.807, 2.05) is 4.90 Å². The van der Waals surface area contributed by atoms with Crippen molar-refractivity contribution in [2.45, 2.75) is 17.7 Å². The van der Waals surface area contributed by atoms with Gasteiger partial charge in [0.1, 0.15) is 4.90 Å². The molecule has 146 valence electrons. The van der Waals surface area contributed by atoms with Crippen molar-refractivity contribution < 1.29 is 17.9 Å². The Morgan fingerprint density at radius 3 is 2.62 bits per heavy atom. The molecule has 1 aromatic rings. The lowest BCUT2D eigenvalue weighted by Gasteiger charge is -2.35. The van der Waals surface area contributed by atoms with Crippen molar-refractivity contribution in [2.24, 2.45) is 5.92 Å². The number of carbonyl (C=O) groups excluding carboxylic acids is 1. The Kier molecular flexibility index (Phi) is 7.22. The number of pyridine rings is 1. The van der Waals surface area contributed by atoms with E-state index in [4.69, 9.17) is 4.74 Å². The van der Waals surface area contributed by atoms with Gasteiger partial charge in [-0.2, -0.15) is 4.31 Å². The van der Waals surface area contributed by atoms with Gasteiger partial charge in [-0.05, 0) is 18.9 Å². The molecule has 1 aromatic heterocycles. The van der Waals surface area contributed by atoms with Crippen LogP contribution in [0.4, 0.5) is 0 Å². The molecular formula is C16H25ClN4O4S. The number of piperidine rings is 1. The van der Waals surface area contributed by atoms with Gasteiger partial charge in [-0.15, -0.1) is 12.4 Å². The van der Waals surface area contributed by atoms with Gasteiger partial charge in [0.25, 0.3) is 0 Å². The van der Waals surface area contributed by atoms with Crippen molar-refractivity contribution in [3.8, 4) is 5.88 Å². The molecule has 1 atom stereocenters. The van der Waals surface area contributed by atoms with Gasteiger partial charge in [-0.25, -0.2) is 13.4 Å². The van der Waals surface area contributed by atoms with Crippen LogP contribution in [0.2, 0.25) is 0 Å². The van der Waals surface area contributed by atoms with E-state index in [9.17, 15) is 13.2 Å². The van der Waals surface area contributed by atoms with Gasteiger partial charge >= 0.3 is 0 Å². The van der Waals surface area contributed by atoms with Crippen LogP contribution in [0.25, 0.3) is 0 Å². The molecule has 10 heteroatoms. The minimum Gasteiger partial charge on any atom is -0.481 e. The number of piperazine rings is 1. The molecule has 0 saturated carbocycles. The zero-order valence-corrected chi connectivity index (χ0v) is 16.4. The third-order valence-corrected chi connectivity index (χ3v) is 6.57. The second-order valence-electron chi connectivity index (χ2n) is 6.31. The molecule has 2 fully saturated rings. The maximum absolute atomic E-state index is 12.8. The molecule has 26 heavy (non-hydrogen) atoms. The molecule has 3 heterocycles. The van der Waals surface area contributed by atoms with E-state index in [0.717, 1.165) is 19.5 Å². The van der Waals surface area contributed by atoms with Gasteiger partial charge in [-0.1, -0.05) is 0 Å². The zero-order valence-electron chi connectivity index (χ0n) is 14.8. The number of nitrogens with one attached hydrogen (secondary N) is 1. The molecule has 2 saturated heterocycles. The van der Waals surface area contributed by atoms with Crippen LogP contribution in [0.3, 0.4) is 0 Å². The zero-order chi connectivity index (χ0) is 17.9. The Hall–Kier alpha value is -1.42. The number of ether oxygens (including phenoxy) is 1. The Balaban J connectivity index is 0.00000243. The van der Waals surface area contributed by atoms with Crippen LogP contribution in [0, 0.1) is 5.92 Å². The SMILES string of the molecule is COc1ccc(S(=O)(=O)N2CCCC(C(=O)N3CCNCC3)C2)cn1.Cl. The predicted molar refractivity (Wildman–Crippen MR) is 99.0 cm³/mol. The smallest absolute Gasteiger partial charge is 0.244 e. The van der Waals surface area contributed by atoms with Crippen LogP contribution in [0.1, 0.15) is 12.8 Å². The number of nitrogens with zero attached hydrogens (tertiary/aromatic N) is 3. The molecular weight excluding hydrogens is 380 g/mol. The molecule has 0 bridgehead atoms. The fourth-order valence-corrected chi connectivity index (χ4v) is 4.76. The van der Waals surface area contributed by atoms with Gasteiger partial charge in [-0.3, -0.25) is 4.79 Å². The Bertz CT molecular complexity index is 707. The van der Waals surface area contributed by atoms with Crippen molar-refractivity contribution in [3.05, 3.63) is 18.3 Å². The van der Waals surface area contributed by atoms with Crippen molar-refractivity contribution >= 4 is 28.3 Å². The number of sulfonamides is 1. The highest BCUT2D eigenvalue weighted by Crippen LogP contribution is 2.25. The number of methoxy groups -OCH3 is 1. The van der Waals surface area contributed by atoms with Gasteiger partial charge in [0, 0.05) is 45.3 Å². The molecule has 1 unspecified atom stereocenters. The first kappa shape index (κ1) is 20.9. The summed E-state index contributed by atoms with van der Waals surface area (Å²) in [5.74, 6) is 0.159. The molecule has 2 aliphatic heterocycles. The van der Waals surface area contributed by atoms with Gasteiger partial charge < -0.3 is 15.0 Å². The lowest BCUT2D eigenvalue weighted by Crippen LogP contribution is -2.51. The largest absolute Gasteiger partial charge is 0.481 e. The van der Waals surface area contributed by atoms with Crippen molar-refractivity contribution in [2.75, 3.05) is 46.4 Å². The number of aromatic nitrogens is 1. The predicted octanol–water partition coefficient (Wildman–Crippen LogP) is 0.345. The first-order valence-corrected chi connectivity index (χ1v) is 9.96. The van der Waals surface area contributed by atoms with Crippen LogP contribution in [0.5, 0.6) is 5.88 Å². The van der Waals surface area contributed by atoms with Crippen LogP contribution in [-0.2, 0) is 14.8 Å². The summed E-state index contributed by atoms with van der Waals surface area (Å²) in [6.07, 6.45) is 2.72. The van der Waals surface area contributed by atoms with E-state index < -0.39 is 10.0 Å². The lowest BCUT2D eigenvalue weighted by molar-refractivity contribution is -0.137. The third kappa shape index (κ3) is 4.46. The molecule has 1 amide bonds. The van der Waals surface area contributed by atoms with Crippen molar-refractivity contribution in [1.82, 2.24) is 19.5 Å². The van der Waals surface area contributed by atoms with Crippen LogP contribution in [-0.4, -0.2) is 74.9 Å². The van der Waals surface area contributed by atoms with Crippen molar-refractivity contribution in [3.63, 3.8) is 0 Å². The molecule has 1 N–H and O–H groups in total. The number of halogens is 1. The fourth-order valence-electron chi connectivity index (χ4n) is 3.29. The fraction of sp³-hybridized carbons (Fsp3) is 0.625. The highest BCUT2D eigenvalue weighted by atomic mass is 35.5. The van der Waals surface area contributed by atoms with Crippen LogP contribution < -0.4 is 10.1 Å². The van der Waals surface area contributed by atoms with E-state index in [2.05, 4.69) is 10.3 Å². The highest BCUT2D eigenvalue weighted by Gasteiger charge is 2.35. The number of carbonyl (C=O) groups is 1. The topological polar surface area (TPSA) is 91.8 Å². The summed E-state index contributed by atoms with van der Waals surface area (Å²) in [4.78, 5) is 18.6. The first-order chi connectivity index (χ1) is 12.0. The quantitative estimate of drug-likeness (QED) is 0.778. The molecule has 0 aliphatic carbocycles. The van der Waals surface area contributed by atoms with E-state index in [1.165, 1.54) is 29.7 Å². The average molecular weight is 405 g/mol. The Morgan fingerprint density at radius 1 is 1.27 bits per heavy atom. The number of amides is 1. The number of hydrogen-bond donors (Lipinski definition) is 1. The van der Waals surface area contributed by atoms with Crippen molar-refractivity contribution in [1.29, 1.82) is 0 Å². The average Bonchev–Trinajstić information content (AvgIpc) is 2.68. The first-order valence-electron chi connectivity index (χ1n) is 8.52. The van der Waals surface area contributed by atoms with E-state index >= 15 is 0 Å². The molecule has 8 nitrogen and oxygen atoms in total. The summed E-state index contributed by atoms with van der Waals surface area (Å²) in [5.41, 5.74) is 0. The standard InChI is InChI=1S/C16H24N4O4S.ClH/c1-24-15-5-4-14(11-18-15)25(22,23)20-8-2-3-13(12-20)16(21)19-9-6-17-7-10-19;/h4-5,11,13,17H,2-3,6-10,12H2,1H3;1H. The minimum atomic E-state index is -3.65. The van der Waals surface area contributed by atoms with E-state index in [-0.39, 0.29) is 35.7 Å². The lowest BCUT2D eigenvalue weighted by atomic mass is 9.98. The number of rotatable bonds is 4. The van der Waals surface area contributed by atoms with Gasteiger partial charge in [0.2, 0.25) is 21.8 Å². The van der Waals surface area contributed by atoms with Gasteiger partial charge in [0.05, 0.1) is 19.2 Å². The van der Waals surface area contributed by atoms with E-state index in [0.29, 0.717) is 31.9 Å². The van der Waals surface area contributed by atoms with Crippen LogP contribution in [0.15, 0.2) is 23.2 Å². The monoisotopic (exact) mass is 404 g/mol. The molecule has 0 spiro atoms.